The van der Waals surface area contributed by atoms with Crippen LogP contribution in [0.2, 0.25) is 0 Å². The molecule has 22 heavy (non-hydrogen) atoms. The maximum absolute atomic E-state index is 11.9. The molecule has 0 aliphatic carbocycles. The number of ether oxygens (including phenoxy) is 2. The fourth-order valence-electron chi connectivity index (χ4n) is 1.82. The number of esters is 1. The summed E-state index contributed by atoms with van der Waals surface area (Å²) in [4.78, 5) is 23.3. The third-order valence-electron chi connectivity index (χ3n) is 2.96. The van der Waals surface area contributed by atoms with Gasteiger partial charge >= 0.3 is 5.97 Å². The van der Waals surface area contributed by atoms with E-state index in [-0.39, 0.29) is 12.5 Å². The van der Waals surface area contributed by atoms with Gasteiger partial charge in [-0.1, -0.05) is 23.8 Å². The topological polar surface area (TPSA) is 64.6 Å². The van der Waals surface area contributed by atoms with Gasteiger partial charge in [-0.2, -0.15) is 0 Å². The first-order valence-electron chi connectivity index (χ1n) is 6.76. The highest BCUT2D eigenvalue weighted by Crippen LogP contribution is 2.13. The molecule has 0 radical (unpaired) electrons. The van der Waals surface area contributed by atoms with E-state index in [0.29, 0.717) is 17.0 Å². The third kappa shape index (κ3) is 4.34. The molecule has 0 saturated carbocycles. The van der Waals surface area contributed by atoms with Gasteiger partial charge in [-0.25, -0.2) is 4.79 Å². The fourth-order valence-corrected chi connectivity index (χ4v) is 1.82. The number of amides is 1. The number of hydrogen-bond acceptors (Lipinski definition) is 4. The molecular weight excluding hydrogens is 282 g/mol. The van der Waals surface area contributed by atoms with E-state index in [4.69, 9.17) is 4.74 Å². The first kappa shape index (κ1) is 15.6. The molecule has 0 aliphatic rings. The van der Waals surface area contributed by atoms with Gasteiger partial charge < -0.3 is 14.8 Å². The Bertz CT molecular complexity index is 665. The SMILES string of the molecule is COC(=O)c1cccc(NC(=O)COc2ccc(C)cc2)c1. The molecule has 0 saturated heterocycles. The lowest BCUT2D eigenvalue weighted by atomic mass is 10.2. The summed E-state index contributed by atoms with van der Waals surface area (Å²) >= 11 is 0. The first-order chi connectivity index (χ1) is 10.6. The second kappa shape index (κ2) is 7.26. The van der Waals surface area contributed by atoms with Crippen molar-refractivity contribution in [3.8, 4) is 5.75 Å². The van der Waals surface area contributed by atoms with E-state index in [1.807, 2.05) is 19.1 Å². The third-order valence-corrected chi connectivity index (χ3v) is 2.96. The van der Waals surface area contributed by atoms with Crippen LogP contribution in [0.1, 0.15) is 15.9 Å². The Hall–Kier alpha value is -2.82. The number of nitrogens with one attached hydrogen (secondary N) is 1. The molecule has 0 fully saturated rings. The summed E-state index contributed by atoms with van der Waals surface area (Å²) in [6.45, 7) is 1.87. The predicted molar refractivity (Wildman–Crippen MR) is 83.1 cm³/mol. The summed E-state index contributed by atoms with van der Waals surface area (Å²) < 4.78 is 10.0. The van der Waals surface area contributed by atoms with Crippen molar-refractivity contribution in [2.75, 3.05) is 19.0 Å². The lowest BCUT2D eigenvalue weighted by Gasteiger charge is -2.08. The fraction of sp³-hybridized carbons (Fsp3) is 0.176. The van der Waals surface area contributed by atoms with Gasteiger partial charge in [0.2, 0.25) is 0 Å². The molecule has 2 aromatic rings. The molecular formula is C17H17NO4. The molecule has 0 atom stereocenters. The van der Waals surface area contributed by atoms with Crippen LogP contribution in [0.4, 0.5) is 5.69 Å². The normalized spacial score (nSPS) is 9.91. The number of methoxy groups -OCH3 is 1. The van der Waals surface area contributed by atoms with Crippen LogP contribution in [0.15, 0.2) is 48.5 Å². The van der Waals surface area contributed by atoms with E-state index in [9.17, 15) is 9.59 Å². The number of anilines is 1. The second-order valence-electron chi connectivity index (χ2n) is 4.72. The van der Waals surface area contributed by atoms with Crippen LogP contribution in [0, 0.1) is 6.92 Å². The molecule has 2 aromatic carbocycles. The number of rotatable bonds is 5. The Labute approximate surface area is 128 Å². The Balaban J connectivity index is 1.91. The average molecular weight is 299 g/mol. The molecule has 0 aromatic heterocycles. The number of hydrogen-bond donors (Lipinski definition) is 1. The second-order valence-corrected chi connectivity index (χ2v) is 4.72. The van der Waals surface area contributed by atoms with E-state index < -0.39 is 5.97 Å². The van der Waals surface area contributed by atoms with Gasteiger partial charge in [-0.15, -0.1) is 0 Å². The van der Waals surface area contributed by atoms with E-state index >= 15 is 0 Å². The van der Waals surface area contributed by atoms with E-state index in [0.717, 1.165) is 5.56 Å². The Kier molecular flexibility index (Phi) is 5.14. The van der Waals surface area contributed by atoms with Gasteiger partial charge in [-0.05, 0) is 37.3 Å². The largest absolute Gasteiger partial charge is 0.484 e. The average Bonchev–Trinajstić information content (AvgIpc) is 2.54. The van der Waals surface area contributed by atoms with Gasteiger partial charge in [0.05, 0.1) is 12.7 Å². The zero-order valence-electron chi connectivity index (χ0n) is 12.5. The Morgan fingerprint density at radius 2 is 1.82 bits per heavy atom. The van der Waals surface area contributed by atoms with Crippen LogP contribution < -0.4 is 10.1 Å². The monoisotopic (exact) mass is 299 g/mol. The van der Waals surface area contributed by atoms with Crippen molar-refractivity contribution < 1.29 is 19.1 Å². The maximum atomic E-state index is 11.9. The molecule has 2 rings (SSSR count). The minimum Gasteiger partial charge on any atom is -0.484 e. The van der Waals surface area contributed by atoms with Crippen molar-refractivity contribution in [3.05, 3.63) is 59.7 Å². The molecule has 1 N–H and O–H groups in total. The van der Waals surface area contributed by atoms with Crippen molar-refractivity contribution in [1.29, 1.82) is 0 Å². The standard InChI is InChI=1S/C17H17NO4/c1-12-6-8-15(9-7-12)22-11-16(19)18-14-5-3-4-13(10-14)17(20)21-2/h3-10H,11H2,1-2H3,(H,18,19). The molecule has 5 nitrogen and oxygen atoms in total. The van der Waals surface area contributed by atoms with Crippen LogP contribution in [0.25, 0.3) is 0 Å². The predicted octanol–water partition coefficient (Wildman–Crippen LogP) is 2.80. The molecule has 114 valence electrons. The van der Waals surface area contributed by atoms with E-state index in [2.05, 4.69) is 10.1 Å². The number of benzene rings is 2. The van der Waals surface area contributed by atoms with E-state index in [1.54, 1.807) is 36.4 Å². The van der Waals surface area contributed by atoms with Crippen molar-refractivity contribution in [1.82, 2.24) is 0 Å². The lowest BCUT2D eigenvalue weighted by Crippen LogP contribution is -2.20. The molecule has 5 heteroatoms. The van der Waals surface area contributed by atoms with Crippen molar-refractivity contribution in [3.63, 3.8) is 0 Å². The number of carbonyl (C=O) groups excluding carboxylic acids is 2. The molecule has 0 unspecified atom stereocenters. The van der Waals surface area contributed by atoms with Crippen molar-refractivity contribution in [2.24, 2.45) is 0 Å². The molecule has 0 spiro atoms. The summed E-state index contributed by atoms with van der Waals surface area (Å²) in [5.74, 6) is -0.126. The van der Waals surface area contributed by atoms with Crippen LogP contribution in [-0.4, -0.2) is 25.6 Å². The van der Waals surface area contributed by atoms with Crippen molar-refractivity contribution >= 4 is 17.6 Å². The molecule has 0 aliphatic heterocycles. The highest BCUT2D eigenvalue weighted by Gasteiger charge is 2.08. The number of aryl methyl sites for hydroxylation is 1. The minimum absolute atomic E-state index is 0.106. The summed E-state index contributed by atoms with van der Waals surface area (Å²) in [7, 11) is 1.31. The van der Waals surface area contributed by atoms with Crippen molar-refractivity contribution in [2.45, 2.75) is 6.92 Å². The van der Waals surface area contributed by atoms with Crippen LogP contribution in [0.5, 0.6) is 5.75 Å². The maximum Gasteiger partial charge on any atom is 0.337 e. The molecule has 0 bridgehead atoms. The molecule has 1 amide bonds. The zero-order chi connectivity index (χ0) is 15.9. The van der Waals surface area contributed by atoms with Gasteiger partial charge in [-0.3, -0.25) is 4.79 Å². The van der Waals surface area contributed by atoms with E-state index in [1.165, 1.54) is 7.11 Å². The van der Waals surface area contributed by atoms with Crippen LogP contribution in [0.3, 0.4) is 0 Å². The number of carbonyl (C=O) groups is 2. The van der Waals surface area contributed by atoms with Gasteiger partial charge in [0.1, 0.15) is 5.75 Å². The quantitative estimate of drug-likeness (QED) is 0.862. The minimum atomic E-state index is -0.452. The Morgan fingerprint density at radius 3 is 2.50 bits per heavy atom. The van der Waals surface area contributed by atoms with Gasteiger partial charge in [0, 0.05) is 5.69 Å². The van der Waals surface area contributed by atoms with Crippen LogP contribution in [-0.2, 0) is 9.53 Å². The summed E-state index contributed by atoms with van der Waals surface area (Å²) in [6.07, 6.45) is 0. The highest BCUT2D eigenvalue weighted by atomic mass is 16.5. The summed E-state index contributed by atoms with van der Waals surface area (Å²) in [6, 6.07) is 14.0. The first-order valence-corrected chi connectivity index (χ1v) is 6.76. The molecule has 0 heterocycles. The summed E-state index contributed by atoms with van der Waals surface area (Å²) in [5, 5.41) is 2.67. The summed E-state index contributed by atoms with van der Waals surface area (Å²) in [5.41, 5.74) is 2.01. The smallest absolute Gasteiger partial charge is 0.337 e. The van der Waals surface area contributed by atoms with Gasteiger partial charge in [0.25, 0.3) is 5.91 Å². The highest BCUT2D eigenvalue weighted by molar-refractivity contribution is 5.95. The lowest BCUT2D eigenvalue weighted by molar-refractivity contribution is -0.118. The zero-order valence-corrected chi connectivity index (χ0v) is 12.5. The van der Waals surface area contributed by atoms with Gasteiger partial charge in [0.15, 0.2) is 6.61 Å². The Morgan fingerprint density at radius 1 is 1.09 bits per heavy atom. The van der Waals surface area contributed by atoms with Crippen LogP contribution >= 0.6 is 0 Å².